The molecule has 2 heterocycles. The van der Waals surface area contributed by atoms with Crippen LogP contribution in [0.4, 0.5) is 5.69 Å². The van der Waals surface area contributed by atoms with Crippen molar-refractivity contribution in [3.63, 3.8) is 0 Å². The van der Waals surface area contributed by atoms with E-state index in [4.69, 9.17) is 9.47 Å². The van der Waals surface area contributed by atoms with Crippen molar-refractivity contribution in [2.24, 2.45) is 7.05 Å². The summed E-state index contributed by atoms with van der Waals surface area (Å²) in [5.41, 5.74) is 1.70. The van der Waals surface area contributed by atoms with E-state index in [2.05, 4.69) is 10.4 Å². The summed E-state index contributed by atoms with van der Waals surface area (Å²) >= 11 is 0. The van der Waals surface area contributed by atoms with Gasteiger partial charge < -0.3 is 14.8 Å². The van der Waals surface area contributed by atoms with Crippen molar-refractivity contribution in [2.45, 2.75) is 25.9 Å². The Labute approximate surface area is 123 Å². The minimum Gasteiger partial charge on any atom is -0.476 e. The summed E-state index contributed by atoms with van der Waals surface area (Å²) in [6, 6.07) is 5.68. The van der Waals surface area contributed by atoms with Gasteiger partial charge >= 0.3 is 0 Å². The number of hydrogen-bond donors (Lipinski definition) is 1. The molecule has 0 saturated carbocycles. The normalized spacial score (nSPS) is 18.1. The summed E-state index contributed by atoms with van der Waals surface area (Å²) < 4.78 is 12.7. The van der Waals surface area contributed by atoms with Crippen LogP contribution in [0.3, 0.4) is 0 Å². The molecule has 6 heteroatoms. The second-order valence-corrected chi connectivity index (χ2v) is 5.08. The number of carbonyl (C=O) groups is 1. The van der Waals surface area contributed by atoms with Crippen molar-refractivity contribution < 1.29 is 14.3 Å². The number of benzene rings is 1. The Kier molecular flexibility index (Phi) is 3.79. The molecule has 6 nitrogen and oxygen atoms in total. The molecule has 1 aliphatic rings. The van der Waals surface area contributed by atoms with Crippen molar-refractivity contribution >= 4 is 22.5 Å². The molecule has 1 saturated heterocycles. The van der Waals surface area contributed by atoms with E-state index in [1.165, 1.54) is 0 Å². The maximum atomic E-state index is 12.1. The van der Waals surface area contributed by atoms with E-state index < -0.39 is 0 Å². The van der Waals surface area contributed by atoms with Crippen molar-refractivity contribution in [3.8, 4) is 5.88 Å². The number of aryl methyl sites for hydroxylation is 1. The summed E-state index contributed by atoms with van der Waals surface area (Å²) in [4.78, 5) is 12.1. The zero-order chi connectivity index (χ0) is 14.8. The fourth-order valence-electron chi connectivity index (χ4n) is 2.56. The first-order valence-electron chi connectivity index (χ1n) is 7.21. The fraction of sp³-hybridized carbons (Fsp3) is 0.467. The predicted octanol–water partition coefficient (Wildman–Crippen LogP) is 2.09. The van der Waals surface area contributed by atoms with Gasteiger partial charge in [0.25, 0.3) is 5.91 Å². The average Bonchev–Trinajstić information content (AvgIpc) is 3.09. The van der Waals surface area contributed by atoms with Crippen LogP contribution < -0.4 is 10.1 Å². The number of rotatable bonds is 4. The number of nitrogens with one attached hydrogen (secondary N) is 1. The number of hydrogen-bond acceptors (Lipinski definition) is 4. The number of aromatic nitrogens is 2. The van der Waals surface area contributed by atoms with Gasteiger partial charge in [-0.25, -0.2) is 0 Å². The van der Waals surface area contributed by atoms with Gasteiger partial charge in [0.2, 0.25) is 5.88 Å². The van der Waals surface area contributed by atoms with Crippen molar-refractivity contribution in [1.29, 1.82) is 0 Å². The van der Waals surface area contributed by atoms with Crippen LogP contribution in [0.15, 0.2) is 18.2 Å². The molecule has 1 fully saturated rings. The molecule has 1 amide bonds. The highest BCUT2D eigenvalue weighted by molar-refractivity contribution is 5.97. The number of nitrogens with zero attached hydrogens (tertiary/aromatic N) is 2. The monoisotopic (exact) mass is 289 g/mol. The lowest BCUT2D eigenvalue weighted by Gasteiger charge is -2.10. The minimum atomic E-state index is -0.332. The van der Waals surface area contributed by atoms with E-state index in [0.717, 1.165) is 29.4 Å². The number of amides is 1. The molecule has 21 heavy (non-hydrogen) atoms. The third-order valence-electron chi connectivity index (χ3n) is 3.59. The lowest BCUT2D eigenvalue weighted by molar-refractivity contribution is -0.124. The van der Waals surface area contributed by atoms with E-state index in [0.29, 0.717) is 19.1 Å². The molecule has 0 radical (unpaired) electrons. The Hall–Kier alpha value is -2.08. The molecule has 1 aromatic heterocycles. The van der Waals surface area contributed by atoms with Crippen LogP contribution in [-0.4, -0.2) is 35.0 Å². The Bertz CT molecular complexity index is 659. The molecule has 2 aromatic rings. The first kappa shape index (κ1) is 13.9. The first-order valence-corrected chi connectivity index (χ1v) is 7.21. The van der Waals surface area contributed by atoms with Crippen LogP contribution in [0.1, 0.15) is 19.8 Å². The molecule has 1 aliphatic heterocycles. The van der Waals surface area contributed by atoms with Crippen LogP contribution >= 0.6 is 0 Å². The van der Waals surface area contributed by atoms with Crippen LogP contribution in [-0.2, 0) is 16.6 Å². The third-order valence-corrected chi connectivity index (χ3v) is 3.59. The van der Waals surface area contributed by atoms with Crippen LogP contribution in [0.2, 0.25) is 0 Å². The van der Waals surface area contributed by atoms with Gasteiger partial charge in [-0.2, -0.15) is 0 Å². The maximum absolute atomic E-state index is 12.1. The van der Waals surface area contributed by atoms with Gasteiger partial charge in [0, 0.05) is 19.3 Å². The lowest BCUT2D eigenvalue weighted by Crippen LogP contribution is -2.26. The topological polar surface area (TPSA) is 65.4 Å². The standard InChI is InChI=1S/C15H19N3O3/c1-3-20-15-11-9-10(6-7-12(11)18(2)17-15)16-14(19)13-5-4-8-21-13/h6-7,9,13H,3-5,8H2,1-2H3,(H,16,19)/t13-/m0/s1. The van der Waals surface area contributed by atoms with Gasteiger partial charge in [0.1, 0.15) is 6.10 Å². The quantitative estimate of drug-likeness (QED) is 0.936. The summed E-state index contributed by atoms with van der Waals surface area (Å²) in [7, 11) is 1.87. The summed E-state index contributed by atoms with van der Waals surface area (Å²) in [5, 5.41) is 8.13. The van der Waals surface area contributed by atoms with E-state index in [1.54, 1.807) is 4.68 Å². The van der Waals surface area contributed by atoms with Crippen molar-refractivity contribution in [3.05, 3.63) is 18.2 Å². The summed E-state index contributed by atoms with van der Waals surface area (Å²) in [5.74, 6) is 0.497. The highest BCUT2D eigenvalue weighted by atomic mass is 16.5. The van der Waals surface area contributed by atoms with Gasteiger partial charge in [-0.3, -0.25) is 9.48 Å². The first-order chi connectivity index (χ1) is 10.2. The van der Waals surface area contributed by atoms with E-state index >= 15 is 0 Å². The van der Waals surface area contributed by atoms with Gasteiger partial charge in [-0.1, -0.05) is 0 Å². The van der Waals surface area contributed by atoms with Crippen LogP contribution in [0.25, 0.3) is 10.9 Å². The Morgan fingerprint density at radius 3 is 3.14 bits per heavy atom. The SMILES string of the molecule is CCOc1nn(C)c2ccc(NC(=O)[C@@H]3CCCO3)cc12. The largest absolute Gasteiger partial charge is 0.476 e. The average molecular weight is 289 g/mol. The fourth-order valence-corrected chi connectivity index (χ4v) is 2.56. The maximum Gasteiger partial charge on any atom is 0.253 e. The molecular weight excluding hydrogens is 270 g/mol. The predicted molar refractivity (Wildman–Crippen MR) is 79.5 cm³/mol. The van der Waals surface area contributed by atoms with Gasteiger partial charge in [-0.15, -0.1) is 5.10 Å². The second-order valence-electron chi connectivity index (χ2n) is 5.08. The molecule has 1 N–H and O–H groups in total. The Balaban J connectivity index is 1.85. The zero-order valence-corrected chi connectivity index (χ0v) is 12.3. The van der Waals surface area contributed by atoms with E-state index in [1.807, 2.05) is 32.2 Å². The van der Waals surface area contributed by atoms with Crippen LogP contribution in [0, 0.1) is 0 Å². The number of carbonyl (C=O) groups excluding carboxylic acids is 1. The van der Waals surface area contributed by atoms with Gasteiger partial charge in [-0.05, 0) is 38.0 Å². The molecule has 0 unspecified atom stereocenters. The van der Waals surface area contributed by atoms with Crippen LogP contribution in [0.5, 0.6) is 5.88 Å². The van der Waals surface area contributed by atoms with Crippen molar-refractivity contribution in [2.75, 3.05) is 18.5 Å². The summed E-state index contributed by atoms with van der Waals surface area (Å²) in [6.07, 6.45) is 1.39. The van der Waals surface area contributed by atoms with Gasteiger partial charge in [0.05, 0.1) is 17.5 Å². The highest BCUT2D eigenvalue weighted by Crippen LogP contribution is 2.27. The molecule has 0 spiro atoms. The molecule has 1 aromatic carbocycles. The number of fused-ring (bicyclic) bond motifs is 1. The summed E-state index contributed by atoms with van der Waals surface area (Å²) in [6.45, 7) is 3.14. The van der Waals surface area contributed by atoms with Gasteiger partial charge in [0.15, 0.2) is 0 Å². The van der Waals surface area contributed by atoms with E-state index in [9.17, 15) is 4.79 Å². The highest BCUT2D eigenvalue weighted by Gasteiger charge is 2.23. The molecule has 0 aliphatic carbocycles. The smallest absolute Gasteiger partial charge is 0.253 e. The third kappa shape index (κ3) is 2.71. The Morgan fingerprint density at radius 2 is 2.43 bits per heavy atom. The minimum absolute atomic E-state index is 0.0892. The molecule has 1 atom stereocenters. The van der Waals surface area contributed by atoms with Crippen molar-refractivity contribution in [1.82, 2.24) is 9.78 Å². The molecule has 0 bridgehead atoms. The molecule has 3 rings (SSSR count). The molecule has 112 valence electrons. The van der Waals surface area contributed by atoms with E-state index in [-0.39, 0.29) is 12.0 Å². The zero-order valence-electron chi connectivity index (χ0n) is 12.3. The number of ether oxygens (including phenoxy) is 2. The molecular formula is C15H19N3O3. The second kappa shape index (κ2) is 5.73. The Morgan fingerprint density at radius 1 is 1.57 bits per heavy atom. The lowest BCUT2D eigenvalue weighted by atomic mass is 10.2. The number of anilines is 1.